The van der Waals surface area contributed by atoms with E-state index in [-0.39, 0.29) is 0 Å². The first-order valence-electron chi connectivity index (χ1n) is 5.55. The molecule has 0 N–H and O–H groups in total. The molecule has 1 fully saturated rings. The predicted molar refractivity (Wildman–Crippen MR) is 56.4 cm³/mol. The fraction of sp³-hybridized carbons (Fsp3) is 0.909. The molecule has 0 spiro atoms. The predicted octanol–water partition coefficient (Wildman–Crippen LogP) is 1.47. The zero-order valence-corrected chi connectivity index (χ0v) is 9.29. The Hall–Kier alpha value is -0.410. The minimum absolute atomic E-state index is 0.304. The third-order valence-corrected chi connectivity index (χ3v) is 2.75. The smallest absolute Gasteiger partial charge is 0.131 e. The number of carbonyl (C=O) groups is 1. The van der Waals surface area contributed by atoms with E-state index in [1.807, 2.05) is 6.92 Å². The first-order chi connectivity index (χ1) is 6.74. The number of hydrogen-bond acceptors (Lipinski definition) is 3. The molecule has 1 aliphatic heterocycles. The fourth-order valence-electron chi connectivity index (χ4n) is 2.08. The molecule has 0 bridgehead atoms. The van der Waals surface area contributed by atoms with Crippen LogP contribution in [0.5, 0.6) is 0 Å². The molecule has 82 valence electrons. The minimum atomic E-state index is 0.304. The third-order valence-electron chi connectivity index (χ3n) is 2.75. The molecule has 1 saturated heterocycles. The molecule has 0 aliphatic carbocycles. The normalized spacial score (nSPS) is 22.9. The van der Waals surface area contributed by atoms with E-state index in [0.717, 1.165) is 26.3 Å². The molecule has 1 atom stereocenters. The second-order valence-corrected chi connectivity index (χ2v) is 3.94. The summed E-state index contributed by atoms with van der Waals surface area (Å²) in [7, 11) is 0. The Morgan fingerprint density at radius 1 is 1.57 bits per heavy atom. The molecule has 14 heavy (non-hydrogen) atoms. The Labute approximate surface area is 86.4 Å². The fourth-order valence-corrected chi connectivity index (χ4v) is 2.08. The van der Waals surface area contributed by atoms with Crippen LogP contribution < -0.4 is 0 Å². The van der Waals surface area contributed by atoms with Crippen molar-refractivity contribution in [3.05, 3.63) is 0 Å². The van der Waals surface area contributed by atoms with Gasteiger partial charge in [-0.1, -0.05) is 0 Å². The average Bonchev–Trinajstić information content (AvgIpc) is 2.52. The van der Waals surface area contributed by atoms with Crippen LogP contribution in [0.4, 0.5) is 0 Å². The highest BCUT2D eigenvalue weighted by Gasteiger charge is 2.24. The maximum Gasteiger partial charge on any atom is 0.131 e. The van der Waals surface area contributed by atoms with Crippen molar-refractivity contribution in [2.45, 2.75) is 39.2 Å². The van der Waals surface area contributed by atoms with Gasteiger partial charge in [-0.05, 0) is 33.2 Å². The van der Waals surface area contributed by atoms with Crippen LogP contribution in [0, 0.1) is 0 Å². The van der Waals surface area contributed by atoms with Crippen LogP contribution in [-0.2, 0) is 9.53 Å². The molecule has 0 aromatic heterocycles. The quantitative estimate of drug-likeness (QED) is 0.607. The lowest BCUT2D eigenvalue weighted by atomic mass is 10.1. The second kappa shape index (κ2) is 6.14. The van der Waals surface area contributed by atoms with Gasteiger partial charge in [0.1, 0.15) is 5.78 Å². The zero-order valence-electron chi connectivity index (χ0n) is 9.29. The summed E-state index contributed by atoms with van der Waals surface area (Å²) in [6, 6.07) is 0.480. The molecular weight excluding hydrogens is 178 g/mol. The van der Waals surface area contributed by atoms with Gasteiger partial charge >= 0.3 is 0 Å². The van der Waals surface area contributed by atoms with Gasteiger partial charge in [-0.15, -0.1) is 0 Å². The number of rotatable bonds is 6. The van der Waals surface area contributed by atoms with E-state index in [1.165, 1.54) is 12.8 Å². The first kappa shape index (κ1) is 11.7. The van der Waals surface area contributed by atoms with Crippen LogP contribution in [-0.4, -0.2) is 43.0 Å². The van der Waals surface area contributed by atoms with Crippen molar-refractivity contribution in [2.75, 3.05) is 26.3 Å². The highest BCUT2D eigenvalue weighted by molar-refractivity contribution is 5.76. The number of carbonyl (C=O) groups excluding carboxylic acids is 1. The van der Waals surface area contributed by atoms with Crippen molar-refractivity contribution in [3.8, 4) is 0 Å². The monoisotopic (exact) mass is 199 g/mol. The van der Waals surface area contributed by atoms with Gasteiger partial charge in [0.2, 0.25) is 0 Å². The van der Waals surface area contributed by atoms with Crippen molar-refractivity contribution in [1.82, 2.24) is 4.90 Å². The van der Waals surface area contributed by atoms with E-state index < -0.39 is 0 Å². The Kier molecular flexibility index (Phi) is 5.12. The maximum atomic E-state index is 11.0. The van der Waals surface area contributed by atoms with Crippen molar-refractivity contribution in [2.24, 2.45) is 0 Å². The van der Waals surface area contributed by atoms with Gasteiger partial charge in [0.25, 0.3) is 0 Å². The molecule has 0 saturated carbocycles. The highest BCUT2D eigenvalue weighted by Crippen LogP contribution is 2.19. The van der Waals surface area contributed by atoms with Gasteiger partial charge in [-0.2, -0.15) is 0 Å². The van der Waals surface area contributed by atoms with Gasteiger partial charge < -0.3 is 4.74 Å². The molecule has 1 heterocycles. The summed E-state index contributed by atoms with van der Waals surface area (Å²) in [5.41, 5.74) is 0. The number of Topliss-reactive ketones (excluding diaryl/α,β-unsaturated/α-hetero) is 1. The third kappa shape index (κ3) is 3.76. The van der Waals surface area contributed by atoms with Crippen LogP contribution >= 0.6 is 0 Å². The second-order valence-electron chi connectivity index (χ2n) is 3.94. The van der Waals surface area contributed by atoms with Gasteiger partial charge in [0, 0.05) is 25.6 Å². The van der Waals surface area contributed by atoms with E-state index in [0.29, 0.717) is 18.2 Å². The maximum absolute atomic E-state index is 11.0. The Bertz CT molecular complexity index is 182. The van der Waals surface area contributed by atoms with Crippen molar-refractivity contribution in [3.63, 3.8) is 0 Å². The lowest BCUT2D eigenvalue weighted by molar-refractivity contribution is -0.118. The topological polar surface area (TPSA) is 29.5 Å². The summed E-state index contributed by atoms with van der Waals surface area (Å²) >= 11 is 0. The Morgan fingerprint density at radius 2 is 2.36 bits per heavy atom. The molecule has 3 nitrogen and oxygen atoms in total. The van der Waals surface area contributed by atoms with Gasteiger partial charge in [0.05, 0.1) is 6.61 Å². The van der Waals surface area contributed by atoms with Crippen molar-refractivity contribution in [1.29, 1.82) is 0 Å². The largest absolute Gasteiger partial charge is 0.380 e. The molecule has 0 aromatic carbocycles. The van der Waals surface area contributed by atoms with Crippen LogP contribution in [0.1, 0.15) is 33.1 Å². The van der Waals surface area contributed by atoms with E-state index in [1.54, 1.807) is 6.92 Å². The molecule has 1 rings (SSSR count). The Morgan fingerprint density at radius 3 is 3.00 bits per heavy atom. The van der Waals surface area contributed by atoms with Crippen molar-refractivity contribution >= 4 is 5.78 Å². The standard InChI is InChI=1S/C11H21NO2/c1-3-14-8-7-12-6-4-5-11(12)9-10(2)13/h11H,3-9H2,1-2H3. The van der Waals surface area contributed by atoms with Crippen LogP contribution in [0.25, 0.3) is 0 Å². The lowest BCUT2D eigenvalue weighted by Crippen LogP contribution is -2.33. The summed E-state index contributed by atoms with van der Waals surface area (Å²) in [6.07, 6.45) is 3.11. The van der Waals surface area contributed by atoms with Crippen LogP contribution in [0.15, 0.2) is 0 Å². The summed E-state index contributed by atoms with van der Waals surface area (Å²) in [5, 5.41) is 0. The molecule has 3 heteroatoms. The lowest BCUT2D eigenvalue weighted by Gasteiger charge is -2.23. The molecule has 0 aromatic rings. The van der Waals surface area contributed by atoms with E-state index in [2.05, 4.69) is 4.90 Å². The molecular formula is C11H21NO2. The number of hydrogen-bond donors (Lipinski definition) is 0. The highest BCUT2D eigenvalue weighted by atomic mass is 16.5. The average molecular weight is 199 g/mol. The van der Waals surface area contributed by atoms with E-state index in [9.17, 15) is 4.79 Å². The van der Waals surface area contributed by atoms with Gasteiger partial charge in [0.15, 0.2) is 0 Å². The number of ketones is 1. The summed E-state index contributed by atoms with van der Waals surface area (Å²) in [4.78, 5) is 13.4. The molecule has 1 unspecified atom stereocenters. The first-order valence-corrected chi connectivity index (χ1v) is 5.55. The zero-order chi connectivity index (χ0) is 10.4. The minimum Gasteiger partial charge on any atom is -0.380 e. The number of ether oxygens (including phenoxy) is 1. The summed E-state index contributed by atoms with van der Waals surface area (Å²) in [6.45, 7) is 7.38. The Balaban J connectivity index is 2.24. The summed E-state index contributed by atoms with van der Waals surface area (Å²) < 4.78 is 5.32. The summed E-state index contributed by atoms with van der Waals surface area (Å²) in [5.74, 6) is 0.304. The molecule has 0 amide bonds. The van der Waals surface area contributed by atoms with E-state index in [4.69, 9.17) is 4.74 Å². The number of likely N-dealkylation sites (tertiary alicyclic amines) is 1. The van der Waals surface area contributed by atoms with Gasteiger partial charge in [-0.25, -0.2) is 0 Å². The molecule has 0 radical (unpaired) electrons. The molecule has 1 aliphatic rings. The van der Waals surface area contributed by atoms with E-state index >= 15 is 0 Å². The van der Waals surface area contributed by atoms with Crippen LogP contribution in [0.3, 0.4) is 0 Å². The van der Waals surface area contributed by atoms with Crippen LogP contribution in [0.2, 0.25) is 0 Å². The van der Waals surface area contributed by atoms with Gasteiger partial charge in [-0.3, -0.25) is 9.69 Å². The SMILES string of the molecule is CCOCCN1CCCC1CC(C)=O. The van der Waals surface area contributed by atoms with Crippen molar-refractivity contribution < 1.29 is 9.53 Å². The number of nitrogens with zero attached hydrogens (tertiary/aromatic N) is 1.